The number of nitrogens with zero attached hydrogens (tertiary/aromatic N) is 2. The first-order valence-corrected chi connectivity index (χ1v) is 6.97. The second-order valence-corrected chi connectivity index (χ2v) is 5.54. The van der Waals surface area contributed by atoms with Crippen LogP contribution in [-0.2, 0) is 13.1 Å². The smallest absolute Gasteiger partial charge is 0.0560 e. The summed E-state index contributed by atoms with van der Waals surface area (Å²) >= 11 is 9.43. The van der Waals surface area contributed by atoms with E-state index in [-0.39, 0.29) is 0 Å². The second-order valence-electron chi connectivity index (χ2n) is 4.25. The summed E-state index contributed by atoms with van der Waals surface area (Å²) in [5, 5.41) is 8.40. The van der Waals surface area contributed by atoms with E-state index in [4.69, 9.17) is 11.6 Å². The Morgan fingerprint density at radius 1 is 1.50 bits per heavy atom. The van der Waals surface area contributed by atoms with Gasteiger partial charge in [0.25, 0.3) is 0 Å². The van der Waals surface area contributed by atoms with Gasteiger partial charge in [0.15, 0.2) is 0 Å². The van der Waals surface area contributed by atoms with Crippen LogP contribution in [0.3, 0.4) is 0 Å². The molecular formula is C13H15BrClN3. The molecule has 3 nitrogen and oxygen atoms in total. The monoisotopic (exact) mass is 327 g/mol. The fraction of sp³-hybridized carbons (Fsp3) is 0.308. The summed E-state index contributed by atoms with van der Waals surface area (Å²) in [6, 6.07) is 8.13. The summed E-state index contributed by atoms with van der Waals surface area (Å²) in [6.45, 7) is 3.81. The van der Waals surface area contributed by atoms with Gasteiger partial charge in [0.1, 0.15) is 0 Å². The highest BCUT2D eigenvalue weighted by Crippen LogP contribution is 2.21. The summed E-state index contributed by atoms with van der Waals surface area (Å²) in [6.07, 6.45) is 3.76. The Bertz CT molecular complexity index is 499. The minimum absolute atomic E-state index is 0.354. The van der Waals surface area contributed by atoms with Crippen LogP contribution in [0.4, 0.5) is 0 Å². The molecule has 0 amide bonds. The Hall–Kier alpha value is -0.840. The van der Waals surface area contributed by atoms with Gasteiger partial charge in [0.05, 0.1) is 6.54 Å². The van der Waals surface area contributed by atoms with Crippen molar-refractivity contribution in [3.63, 3.8) is 0 Å². The third-order valence-electron chi connectivity index (χ3n) is 2.68. The quantitative estimate of drug-likeness (QED) is 0.910. The van der Waals surface area contributed by atoms with Gasteiger partial charge in [-0.15, -0.1) is 0 Å². The number of hydrogen-bond acceptors (Lipinski definition) is 2. The van der Waals surface area contributed by atoms with Crippen molar-refractivity contribution in [2.45, 2.75) is 26.1 Å². The minimum atomic E-state index is 0.354. The van der Waals surface area contributed by atoms with Crippen molar-refractivity contribution in [3.05, 3.63) is 51.7 Å². The predicted octanol–water partition coefficient (Wildman–Crippen LogP) is 3.48. The maximum Gasteiger partial charge on any atom is 0.0560 e. The molecule has 0 fully saturated rings. The lowest BCUT2D eigenvalue weighted by Gasteiger charge is -2.14. The first-order valence-electron chi connectivity index (χ1n) is 5.80. The molecule has 5 heteroatoms. The molecule has 1 aromatic heterocycles. The van der Waals surface area contributed by atoms with Crippen molar-refractivity contribution in [2.75, 3.05) is 0 Å². The molecule has 0 saturated heterocycles. The summed E-state index contributed by atoms with van der Waals surface area (Å²) in [5.74, 6) is 0. The third-order valence-corrected chi connectivity index (χ3v) is 3.65. The van der Waals surface area contributed by atoms with E-state index in [1.54, 1.807) is 6.20 Å². The molecule has 18 heavy (non-hydrogen) atoms. The molecule has 0 aliphatic heterocycles. The van der Waals surface area contributed by atoms with Crippen molar-refractivity contribution in [1.82, 2.24) is 15.1 Å². The standard InChI is InChI=1S/C13H15BrClN3/c1-10(9-18-6-2-5-17-18)16-8-11-3-4-12(15)7-13(11)14/h2-7,10,16H,8-9H2,1H3. The molecule has 1 N–H and O–H groups in total. The van der Waals surface area contributed by atoms with Gasteiger partial charge in [-0.1, -0.05) is 33.6 Å². The van der Waals surface area contributed by atoms with Crippen LogP contribution in [0.15, 0.2) is 41.1 Å². The Balaban J connectivity index is 1.87. The van der Waals surface area contributed by atoms with Crippen LogP contribution < -0.4 is 5.32 Å². The van der Waals surface area contributed by atoms with Gasteiger partial charge < -0.3 is 5.32 Å². The molecule has 1 unspecified atom stereocenters. The lowest BCUT2D eigenvalue weighted by atomic mass is 10.2. The zero-order chi connectivity index (χ0) is 13.0. The molecule has 2 aromatic rings. The largest absolute Gasteiger partial charge is 0.308 e. The van der Waals surface area contributed by atoms with Crippen LogP contribution >= 0.6 is 27.5 Å². The molecule has 0 aliphatic carbocycles. The number of halogens is 2. The van der Waals surface area contributed by atoms with E-state index in [0.29, 0.717) is 6.04 Å². The van der Waals surface area contributed by atoms with Gasteiger partial charge in [0, 0.05) is 34.5 Å². The normalized spacial score (nSPS) is 12.6. The molecule has 0 radical (unpaired) electrons. The third kappa shape index (κ3) is 3.83. The van der Waals surface area contributed by atoms with E-state index in [1.807, 2.05) is 35.1 Å². The first-order chi connectivity index (χ1) is 8.65. The van der Waals surface area contributed by atoms with E-state index in [0.717, 1.165) is 22.6 Å². The van der Waals surface area contributed by atoms with E-state index >= 15 is 0 Å². The van der Waals surface area contributed by atoms with Crippen LogP contribution in [0.1, 0.15) is 12.5 Å². The fourth-order valence-electron chi connectivity index (χ4n) is 1.70. The second kappa shape index (κ2) is 6.36. The van der Waals surface area contributed by atoms with Gasteiger partial charge in [-0.3, -0.25) is 4.68 Å². The lowest BCUT2D eigenvalue weighted by Crippen LogP contribution is -2.30. The van der Waals surface area contributed by atoms with Gasteiger partial charge >= 0.3 is 0 Å². The van der Waals surface area contributed by atoms with Crippen molar-refractivity contribution in [3.8, 4) is 0 Å². The van der Waals surface area contributed by atoms with Crippen LogP contribution in [0.5, 0.6) is 0 Å². The zero-order valence-corrected chi connectivity index (χ0v) is 12.4. The average molecular weight is 329 g/mol. The topological polar surface area (TPSA) is 29.9 Å². The van der Waals surface area contributed by atoms with Gasteiger partial charge in [-0.05, 0) is 30.7 Å². The molecule has 96 valence electrons. The van der Waals surface area contributed by atoms with Crippen LogP contribution in [0.25, 0.3) is 0 Å². The average Bonchev–Trinajstić information content (AvgIpc) is 2.80. The molecule has 0 saturated carbocycles. The minimum Gasteiger partial charge on any atom is -0.308 e. The van der Waals surface area contributed by atoms with Crippen LogP contribution in [-0.4, -0.2) is 15.8 Å². The zero-order valence-electron chi connectivity index (χ0n) is 10.1. The Labute approximate surface area is 120 Å². The van der Waals surface area contributed by atoms with E-state index in [1.165, 1.54) is 5.56 Å². The molecule has 1 atom stereocenters. The molecule has 2 rings (SSSR count). The maximum absolute atomic E-state index is 5.91. The number of aromatic nitrogens is 2. The van der Waals surface area contributed by atoms with Gasteiger partial charge in [0.2, 0.25) is 0 Å². The summed E-state index contributed by atoms with van der Waals surface area (Å²) in [4.78, 5) is 0. The fourth-order valence-corrected chi connectivity index (χ4v) is 2.53. The van der Waals surface area contributed by atoms with E-state index in [9.17, 15) is 0 Å². The SMILES string of the molecule is CC(Cn1cccn1)NCc1ccc(Cl)cc1Br. The molecular weight excluding hydrogens is 314 g/mol. The van der Waals surface area contributed by atoms with Crippen LogP contribution in [0, 0.1) is 0 Å². The Morgan fingerprint density at radius 3 is 3.00 bits per heavy atom. The number of rotatable bonds is 5. The summed E-state index contributed by atoms with van der Waals surface area (Å²) in [5.41, 5.74) is 1.20. The first kappa shape index (κ1) is 13.6. The van der Waals surface area contributed by atoms with Crippen molar-refractivity contribution in [1.29, 1.82) is 0 Å². The van der Waals surface area contributed by atoms with Crippen molar-refractivity contribution < 1.29 is 0 Å². The Kier molecular flexibility index (Phi) is 4.80. The van der Waals surface area contributed by atoms with Crippen molar-refractivity contribution >= 4 is 27.5 Å². The highest BCUT2D eigenvalue weighted by molar-refractivity contribution is 9.10. The Morgan fingerprint density at radius 2 is 2.33 bits per heavy atom. The number of nitrogens with one attached hydrogen (secondary N) is 1. The van der Waals surface area contributed by atoms with Gasteiger partial charge in [-0.25, -0.2) is 0 Å². The predicted molar refractivity (Wildman–Crippen MR) is 77.7 cm³/mol. The molecule has 0 aliphatic rings. The van der Waals surface area contributed by atoms with Crippen LogP contribution in [0.2, 0.25) is 5.02 Å². The molecule has 1 aromatic carbocycles. The van der Waals surface area contributed by atoms with Gasteiger partial charge in [-0.2, -0.15) is 5.10 Å². The van der Waals surface area contributed by atoms with Crippen molar-refractivity contribution in [2.24, 2.45) is 0 Å². The molecule has 0 bridgehead atoms. The highest BCUT2D eigenvalue weighted by atomic mass is 79.9. The van der Waals surface area contributed by atoms with E-state index < -0.39 is 0 Å². The van der Waals surface area contributed by atoms with E-state index in [2.05, 4.69) is 33.3 Å². The maximum atomic E-state index is 5.91. The summed E-state index contributed by atoms with van der Waals surface area (Å²) in [7, 11) is 0. The lowest BCUT2D eigenvalue weighted by molar-refractivity contribution is 0.450. The molecule has 0 spiro atoms. The number of hydrogen-bond donors (Lipinski definition) is 1. The summed E-state index contributed by atoms with van der Waals surface area (Å²) < 4.78 is 2.96. The molecule has 1 heterocycles. The number of benzene rings is 1. The highest BCUT2D eigenvalue weighted by Gasteiger charge is 2.05.